The third-order valence-electron chi connectivity index (χ3n) is 3.43. The van der Waals surface area contributed by atoms with Gasteiger partial charge in [0, 0.05) is 12.1 Å². The van der Waals surface area contributed by atoms with Gasteiger partial charge in [-0.1, -0.05) is 25.1 Å². The fourth-order valence-electron chi connectivity index (χ4n) is 2.30. The third-order valence-corrected chi connectivity index (χ3v) is 3.43. The molecule has 0 unspecified atom stereocenters. The Kier molecular flexibility index (Phi) is 5.64. The molecule has 21 heavy (non-hydrogen) atoms. The van der Waals surface area contributed by atoms with Crippen LogP contribution in [0.3, 0.4) is 0 Å². The van der Waals surface area contributed by atoms with Crippen LogP contribution in [0.1, 0.15) is 18.9 Å². The van der Waals surface area contributed by atoms with Gasteiger partial charge in [-0.3, -0.25) is 0 Å². The number of ether oxygens (including phenoxy) is 2. The van der Waals surface area contributed by atoms with E-state index in [1.807, 2.05) is 24.3 Å². The lowest BCUT2D eigenvalue weighted by molar-refractivity contribution is 0.408. The van der Waals surface area contributed by atoms with Crippen LogP contribution in [0.15, 0.2) is 42.5 Å². The van der Waals surface area contributed by atoms with E-state index in [0.717, 1.165) is 36.6 Å². The quantitative estimate of drug-likeness (QED) is 0.783. The van der Waals surface area contributed by atoms with Gasteiger partial charge in [0.1, 0.15) is 11.5 Å². The Morgan fingerprint density at radius 3 is 2.48 bits per heavy atom. The maximum absolute atomic E-state index is 5.45. The zero-order valence-corrected chi connectivity index (χ0v) is 13.0. The molecular formula is C18H23NO2. The lowest BCUT2D eigenvalue weighted by Crippen LogP contribution is -2.14. The summed E-state index contributed by atoms with van der Waals surface area (Å²) in [6.07, 6.45) is 1.12. The Balaban J connectivity index is 2.29. The van der Waals surface area contributed by atoms with Crippen molar-refractivity contribution in [1.29, 1.82) is 0 Å². The molecule has 0 aliphatic heterocycles. The van der Waals surface area contributed by atoms with Crippen LogP contribution in [0.4, 0.5) is 0 Å². The van der Waals surface area contributed by atoms with E-state index in [4.69, 9.17) is 9.47 Å². The summed E-state index contributed by atoms with van der Waals surface area (Å²) in [4.78, 5) is 0. The smallest absolute Gasteiger partial charge is 0.123 e. The number of methoxy groups -OCH3 is 2. The van der Waals surface area contributed by atoms with Gasteiger partial charge in [0.2, 0.25) is 0 Å². The second-order valence-corrected chi connectivity index (χ2v) is 4.94. The lowest BCUT2D eigenvalue weighted by Gasteiger charge is -2.12. The number of benzene rings is 2. The minimum absolute atomic E-state index is 0.814. The highest BCUT2D eigenvalue weighted by Gasteiger charge is 2.06. The van der Waals surface area contributed by atoms with Crippen molar-refractivity contribution >= 4 is 0 Å². The zero-order chi connectivity index (χ0) is 15.1. The molecule has 1 N–H and O–H groups in total. The van der Waals surface area contributed by atoms with Crippen molar-refractivity contribution < 1.29 is 9.47 Å². The predicted octanol–water partition coefficient (Wildman–Crippen LogP) is 3.87. The lowest BCUT2D eigenvalue weighted by atomic mass is 10.0. The highest BCUT2D eigenvalue weighted by molar-refractivity contribution is 5.67. The molecule has 0 fully saturated rings. The summed E-state index contributed by atoms with van der Waals surface area (Å²) >= 11 is 0. The molecule has 3 heteroatoms. The molecule has 0 atom stereocenters. The van der Waals surface area contributed by atoms with Crippen molar-refractivity contribution in [3.05, 3.63) is 48.0 Å². The van der Waals surface area contributed by atoms with E-state index < -0.39 is 0 Å². The molecule has 2 rings (SSSR count). The van der Waals surface area contributed by atoms with Crippen LogP contribution in [0.2, 0.25) is 0 Å². The first-order chi connectivity index (χ1) is 10.3. The highest BCUT2D eigenvalue weighted by Crippen LogP contribution is 2.28. The maximum atomic E-state index is 5.45. The van der Waals surface area contributed by atoms with E-state index in [1.165, 1.54) is 11.1 Å². The summed E-state index contributed by atoms with van der Waals surface area (Å²) in [7, 11) is 3.40. The zero-order valence-electron chi connectivity index (χ0n) is 13.0. The van der Waals surface area contributed by atoms with Gasteiger partial charge < -0.3 is 14.8 Å². The fraction of sp³-hybridized carbons (Fsp3) is 0.333. The first-order valence-electron chi connectivity index (χ1n) is 7.30. The molecule has 2 aromatic carbocycles. The molecule has 0 amide bonds. The molecule has 0 saturated heterocycles. The molecule has 0 spiro atoms. The second-order valence-electron chi connectivity index (χ2n) is 4.94. The minimum Gasteiger partial charge on any atom is -0.497 e. The molecular weight excluding hydrogens is 262 g/mol. The number of rotatable bonds is 7. The summed E-state index contributed by atoms with van der Waals surface area (Å²) in [5.41, 5.74) is 3.49. The average Bonchev–Trinajstić information content (AvgIpc) is 2.55. The van der Waals surface area contributed by atoms with E-state index in [9.17, 15) is 0 Å². The van der Waals surface area contributed by atoms with Crippen LogP contribution < -0.4 is 14.8 Å². The fourth-order valence-corrected chi connectivity index (χ4v) is 2.30. The van der Waals surface area contributed by atoms with Gasteiger partial charge in [-0.25, -0.2) is 0 Å². The van der Waals surface area contributed by atoms with E-state index in [-0.39, 0.29) is 0 Å². The van der Waals surface area contributed by atoms with Crippen molar-refractivity contribution in [1.82, 2.24) is 5.32 Å². The first kappa shape index (κ1) is 15.4. The van der Waals surface area contributed by atoms with Gasteiger partial charge in [0.15, 0.2) is 0 Å². The maximum Gasteiger partial charge on any atom is 0.123 e. The number of hydrogen-bond donors (Lipinski definition) is 1. The van der Waals surface area contributed by atoms with E-state index >= 15 is 0 Å². The van der Waals surface area contributed by atoms with Crippen molar-refractivity contribution in [3.63, 3.8) is 0 Å². The van der Waals surface area contributed by atoms with Gasteiger partial charge in [0.05, 0.1) is 14.2 Å². The second kappa shape index (κ2) is 7.70. The molecule has 0 bridgehead atoms. The van der Waals surface area contributed by atoms with Crippen molar-refractivity contribution in [2.75, 3.05) is 20.8 Å². The molecule has 0 radical (unpaired) electrons. The number of nitrogens with one attached hydrogen (secondary N) is 1. The van der Waals surface area contributed by atoms with Crippen LogP contribution in [-0.2, 0) is 6.54 Å². The standard InChI is InChI=1S/C18H23NO2/c1-4-10-19-13-16-11-15(8-9-18(16)21-3)14-6-5-7-17(12-14)20-2/h5-9,11-12,19H,4,10,13H2,1-3H3. The SMILES string of the molecule is CCCNCc1cc(-c2cccc(OC)c2)ccc1OC. The van der Waals surface area contributed by atoms with Gasteiger partial charge in [-0.05, 0) is 48.4 Å². The van der Waals surface area contributed by atoms with Crippen LogP contribution in [0.25, 0.3) is 11.1 Å². The summed E-state index contributed by atoms with van der Waals surface area (Å²) in [6.45, 7) is 3.98. The normalized spacial score (nSPS) is 10.4. The highest BCUT2D eigenvalue weighted by atomic mass is 16.5. The molecule has 0 aliphatic rings. The molecule has 112 valence electrons. The predicted molar refractivity (Wildman–Crippen MR) is 87.0 cm³/mol. The Labute approximate surface area is 126 Å². The molecule has 0 aliphatic carbocycles. The van der Waals surface area contributed by atoms with Crippen molar-refractivity contribution in [2.24, 2.45) is 0 Å². The van der Waals surface area contributed by atoms with Crippen LogP contribution >= 0.6 is 0 Å². The first-order valence-corrected chi connectivity index (χ1v) is 7.30. The molecule has 3 nitrogen and oxygen atoms in total. The minimum atomic E-state index is 0.814. The van der Waals surface area contributed by atoms with Crippen molar-refractivity contribution in [2.45, 2.75) is 19.9 Å². The third kappa shape index (κ3) is 3.99. The molecule has 0 saturated carbocycles. The number of hydrogen-bond acceptors (Lipinski definition) is 3. The van der Waals surface area contributed by atoms with Gasteiger partial charge >= 0.3 is 0 Å². The Morgan fingerprint density at radius 2 is 1.76 bits per heavy atom. The van der Waals surface area contributed by atoms with E-state index in [1.54, 1.807) is 14.2 Å². The summed E-state index contributed by atoms with van der Waals surface area (Å²) in [5.74, 6) is 1.79. The van der Waals surface area contributed by atoms with Crippen LogP contribution in [0.5, 0.6) is 11.5 Å². The Morgan fingerprint density at radius 1 is 0.952 bits per heavy atom. The largest absolute Gasteiger partial charge is 0.497 e. The van der Waals surface area contributed by atoms with E-state index in [2.05, 4.69) is 30.4 Å². The average molecular weight is 285 g/mol. The topological polar surface area (TPSA) is 30.5 Å². The molecule has 2 aromatic rings. The Hall–Kier alpha value is -2.00. The van der Waals surface area contributed by atoms with Gasteiger partial charge in [-0.2, -0.15) is 0 Å². The van der Waals surface area contributed by atoms with Crippen LogP contribution in [-0.4, -0.2) is 20.8 Å². The van der Waals surface area contributed by atoms with Gasteiger partial charge in [-0.15, -0.1) is 0 Å². The summed E-state index contributed by atoms with van der Waals surface area (Å²) in [6, 6.07) is 14.4. The monoisotopic (exact) mass is 285 g/mol. The Bertz CT molecular complexity index is 581. The summed E-state index contributed by atoms with van der Waals surface area (Å²) in [5, 5.41) is 3.42. The summed E-state index contributed by atoms with van der Waals surface area (Å²) < 4.78 is 10.7. The van der Waals surface area contributed by atoms with Crippen molar-refractivity contribution in [3.8, 4) is 22.6 Å². The van der Waals surface area contributed by atoms with Gasteiger partial charge in [0.25, 0.3) is 0 Å². The molecule has 0 heterocycles. The van der Waals surface area contributed by atoms with Crippen LogP contribution in [0, 0.1) is 0 Å². The van der Waals surface area contributed by atoms with E-state index in [0.29, 0.717) is 0 Å². The molecule has 0 aromatic heterocycles.